The van der Waals surface area contributed by atoms with E-state index >= 15 is 0 Å². The molecule has 0 aliphatic rings. The zero-order chi connectivity index (χ0) is 12.1. The summed E-state index contributed by atoms with van der Waals surface area (Å²) >= 11 is 5.94. The number of benzene rings is 1. The van der Waals surface area contributed by atoms with Crippen LogP contribution in [0.25, 0.3) is 0 Å². The highest BCUT2D eigenvalue weighted by Crippen LogP contribution is 2.28. The molecule has 1 rings (SSSR count). The Kier molecular flexibility index (Phi) is 4.58. The van der Waals surface area contributed by atoms with E-state index in [9.17, 15) is 4.79 Å². The molecule has 1 aromatic carbocycles. The Hall–Kier alpha value is -1.26. The molecule has 0 saturated carbocycles. The van der Waals surface area contributed by atoms with Crippen LogP contribution >= 0.6 is 11.6 Å². The molecule has 0 radical (unpaired) electrons. The maximum absolute atomic E-state index is 11.2. The molecule has 16 heavy (non-hydrogen) atoms. The number of carbonyl (C=O) groups is 1. The third-order valence-electron chi connectivity index (χ3n) is 2.20. The molecule has 1 unspecified atom stereocenters. The van der Waals surface area contributed by atoms with Gasteiger partial charge in [0.15, 0.2) is 0 Å². The van der Waals surface area contributed by atoms with Crippen molar-refractivity contribution in [3.05, 3.63) is 28.8 Å². The highest BCUT2D eigenvalue weighted by molar-refractivity contribution is 6.32. The van der Waals surface area contributed by atoms with Crippen LogP contribution in [-0.2, 0) is 16.0 Å². The first-order valence-electron chi connectivity index (χ1n) is 4.75. The monoisotopic (exact) mass is 243 g/mol. The second-order valence-electron chi connectivity index (χ2n) is 3.27. The standard InChI is InChI=1S/C11H14ClNO3/c1-15-10-7(4-3-5-8(10)12)6-9(13)11(14)16-2/h3-5,9H,6,13H2,1-2H3. The van der Waals surface area contributed by atoms with Gasteiger partial charge in [0.2, 0.25) is 0 Å². The molecular weight excluding hydrogens is 230 g/mol. The minimum Gasteiger partial charge on any atom is -0.495 e. The molecular formula is C11H14ClNO3. The molecule has 88 valence electrons. The van der Waals surface area contributed by atoms with Crippen LogP contribution in [0.1, 0.15) is 5.56 Å². The van der Waals surface area contributed by atoms with E-state index in [1.165, 1.54) is 14.2 Å². The van der Waals surface area contributed by atoms with Crippen molar-refractivity contribution in [2.75, 3.05) is 14.2 Å². The van der Waals surface area contributed by atoms with E-state index in [4.69, 9.17) is 22.1 Å². The van der Waals surface area contributed by atoms with Gasteiger partial charge in [0.25, 0.3) is 0 Å². The number of ether oxygens (including phenoxy) is 2. The van der Waals surface area contributed by atoms with Crippen molar-refractivity contribution < 1.29 is 14.3 Å². The average molecular weight is 244 g/mol. The van der Waals surface area contributed by atoms with Gasteiger partial charge in [0, 0.05) is 6.42 Å². The fraction of sp³-hybridized carbons (Fsp3) is 0.364. The molecule has 0 saturated heterocycles. The Morgan fingerprint density at radius 3 is 2.75 bits per heavy atom. The number of carbonyl (C=O) groups excluding carboxylic acids is 1. The van der Waals surface area contributed by atoms with E-state index in [1.807, 2.05) is 6.07 Å². The SMILES string of the molecule is COC(=O)C(N)Cc1cccc(Cl)c1OC. The Morgan fingerprint density at radius 2 is 2.19 bits per heavy atom. The Balaban J connectivity index is 2.88. The van der Waals surface area contributed by atoms with Crippen LogP contribution in [0.15, 0.2) is 18.2 Å². The summed E-state index contributed by atoms with van der Waals surface area (Å²) in [5.41, 5.74) is 6.45. The second-order valence-corrected chi connectivity index (χ2v) is 3.67. The molecule has 0 aliphatic carbocycles. The molecule has 0 amide bonds. The predicted octanol–water partition coefficient (Wildman–Crippen LogP) is 1.39. The van der Waals surface area contributed by atoms with E-state index < -0.39 is 12.0 Å². The number of hydrogen-bond donors (Lipinski definition) is 1. The highest BCUT2D eigenvalue weighted by atomic mass is 35.5. The third kappa shape index (κ3) is 2.87. The Bertz CT molecular complexity index is 381. The summed E-state index contributed by atoms with van der Waals surface area (Å²) in [5, 5.41) is 0.497. The van der Waals surface area contributed by atoms with E-state index in [2.05, 4.69) is 4.74 Å². The second kappa shape index (κ2) is 5.72. The third-order valence-corrected chi connectivity index (χ3v) is 2.49. The van der Waals surface area contributed by atoms with Crippen molar-refractivity contribution in [3.8, 4) is 5.75 Å². The van der Waals surface area contributed by atoms with Crippen LogP contribution < -0.4 is 10.5 Å². The number of hydrogen-bond acceptors (Lipinski definition) is 4. The molecule has 0 fully saturated rings. The molecule has 0 aliphatic heterocycles. The maximum Gasteiger partial charge on any atom is 0.322 e. The molecule has 0 spiro atoms. The lowest BCUT2D eigenvalue weighted by molar-refractivity contribution is -0.142. The van der Waals surface area contributed by atoms with Crippen LogP contribution in [0.2, 0.25) is 5.02 Å². The van der Waals surface area contributed by atoms with Crippen molar-refractivity contribution in [1.29, 1.82) is 0 Å². The molecule has 0 aromatic heterocycles. The van der Waals surface area contributed by atoms with E-state index in [0.717, 1.165) is 5.56 Å². The number of methoxy groups -OCH3 is 2. The summed E-state index contributed by atoms with van der Waals surface area (Å²) in [4.78, 5) is 11.2. The highest BCUT2D eigenvalue weighted by Gasteiger charge is 2.17. The van der Waals surface area contributed by atoms with Gasteiger partial charge in [0.1, 0.15) is 11.8 Å². The quantitative estimate of drug-likeness (QED) is 0.812. The molecule has 1 aromatic rings. The summed E-state index contributed by atoms with van der Waals surface area (Å²) in [6, 6.07) is 4.60. The first kappa shape index (κ1) is 12.8. The lowest BCUT2D eigenvalue weighted by Gasteiger charge is -2.13. The summed E-state index contributed by atoms with van der Waals surface area (Å²) in [7, 11) is 2.83. The first-order chi connectivity index (χ1) is 7.60. The van der Waals surface area contributed by atoms with Gasteiger partial charge in [-0.2, -0.15) is 0 Å². The zero-order valence-electron chi connectivity index (χ0n) is 9.20. The number of esters is 1. The van der Waals surface area contributed by atoms with Gasteiger partial charge in [-0.1, -0.05) is 23.7 Å². The summed E-state index contributed by atoms with van der Waals surface area (Å²) in [6.45, 7) is 0. The lowest BCUT2D eigenvalue weighted by atomic mass is 10.1. The minimum atomic E-state index is -0.711. The zero-order valence-corrected chi connectivity index (χ0v) is 9.95. The topological polar surface area (TPSA) is 61.5 Å². The fourth-order valence-corrected chi connectivity index (χ4v) is 1.69. The number of rotatable bonds is 4. The largest absolute Gasteiger partial charge is 0.495 e. The number of halogens is 1. The molecule has 4 nitrogen and oxygen atoms in total. The normalized spacial score (nSPS) is 12.0. The molecule has 0 bridgehead atoms. The summed E-state index contributed by atoms with van der Waals surface area (Å²) in [6.07, 6.45) is 0.330. The molecule has 5 heteroatoms. The van der Waals surface area contributed by atoms with E-state index in [0.29, 0.717) is 17.2 Å². The van der Waals surface area contributed by atoms with Gasteiger partial charge in [-0.05, 0) is 11.6 Å². The summed E-state index contributed by atoms with van der Waals surface area (Å²) < 4.78 is 9.70. The van der Waals surface area contributed by atoms with Crippen LogP contribution in [0.4, 0.5) is 0 Å². The van der Waals surface area contributed by atoms with Crippen molar-refractivity contribution in [1.82, 2.24) is 0 Å². The van der Waals surface area contributed by atoms with Crippen LogP contribution in [0.5, 0.6) is 5.75 Å². The Labute approximate surface area is 99.3 Å². The maximum atomic E-state index is 11.2. The minimum absolute atomic E-state index is 0.330. The van der Waals surface area contributed by atoms with Crippen molar-refractivity contribution in [2.45, 2.75) is 12.5 Å². The van der Waals surface area contributed by atoms with Crippen LogP contribution in [0, 0.1) is 0 Å². The van der Waals surface area contributed by atoms with Gasteiger partial charge in [-0.15, -0.1) is 0 Å². The van der Waals surface area contributed by atoms with Gasteiger partial charge in [0.05, 0.1) is 19.2 Å². The lowest BCUT2D eigenvalue weighted by Crippen LogP contribution is -2.33. The van der Waals surface area contributed by atoms with Gasteiger partial charge >= 0.3 is 5.97 Å². The Morgan fingerprint density at radius 1 is 1.50 bits per heavy atom. The van der Waals surface area contributed by atoms with Crippen molar-refractivity contribution in [2.24, 2.45) is 5.73 Å². The van der Waals surface area contributed by atoms with E-state index in [1.54, 1.807) is 12.1 Å². The van der Waals surface area contributed by atoms with Crippen LogP contribution in [-0.4, -0.2) is 26.2 Å². The van der Waals surface area contributed by atoms with E-state index in [-0.39, 0.29) is 0 Å². The average Bonchev–Trinajstić information content (AvgIpc) is 2.28. The van der Waals surface area contributed by atoms with Crippen molar-refractivity contribution >= 4 is 17.6 Å². The van der Waals surface area contributed by atoms with Crippen LogP contribution in [0.3, 0.4) is 0 Å². The predicted molar refractivity (Wildman–Crippen MR) is 61.7 cm³/mol. The van der Waals surface area contributed by atoms with Gasteiger partial charge in [-0.3, -0.25) is 4.79 Å². The fourth-order valence-electron chi connectivity index (χ4n) is 1.41. The van der Waals surface area contributed by atoms with Gasteiger partial charge < -0.3 is 15.2 Å². The summed E-state index contributed by atoms with van der Waals surface area (Å²) in [5.74, 6) is 0.0885. The number of para-hydroxylation sites is 1. The first-order valence-corrected chi connectivity index (χ1v) is 5.12. The van der Waals surface area contributed by atoms with Gasteiger partial charge in [-0.25, -0.2) is 0 Å². The number of nitrogens with two attached hydrogens (primary N) is 1. The molecule has 0 heterocycles. The molecule has 2 N–H and O–H groups in total. The smallest absolute Gasteiger partial charge is 0.322 e. The molecule has 1 atom stereocenters. The van der Waals surface area contributed by atoms with Crippen molar-refractivity contribution in [3.63, 3.8) is 0 Å².